The van der Waals surface area contributed by atoms with Crippen LogP contribution in [0.2, 0.25) is 0 Å². The fourth-order valence-corrected chi connectivity index (χ4v) is 4.01. The maximum Gasteiger partial charge on any atom is 0.309 e. The zero-order valence-corrected chi connectivity index (χ0v) is 15.3. The monoisotopic (exact) mass is 382 g/mol. The van der Waals surface area contributed by atoms with Gasteiger partial charge in [-0.1, -0.05) is 6.07 Å². The first-order valence-corrected chi connectivity index (χ1v) is 10.0. The number of nitrogens with zero attached hydrogens (tertiary/aromatic N) is 1. The van der Waals surface area contributed by atoms with Gasteiger partial charge < -0.3 is 14.8 Å². The smallest absolute Gasteiger partial charge is 0.309 e. The van der Waals surface area contributed by atoms with Crippen molar-refractivity contribution in [2.45, 2.75) is 30.8 Å². The average Bonchev–Trinajstić information content (AvgIpc) is 3.48. The number of amides is 1. The molecule has 1 saturated heterocycles. The van der Waals surface area contributed by atoms with Crippen LogP contribution in [0.5, 0.6) is 0 Å². The highest BCUT2D eigenvalue weighted by atomic mass is 32.2. The van der Waals surface area contributed by atoms with Crippen molar-refractivity contribution >= 4 is 27.6 Å². The van der Waals surface area contributed by atoms with Crippen molar-refractivity contribution in [2.24, 2.45) is 5.92 Å². The van der Waals surface area contributed by atoms with Crippen molar-refractivity contribution < 1.29 is 27.5 Å². The summed E-state index contributed by atoms with van der Waals surface area (Å²) in [6.45, 7) is 2.81. The number of nitrogens with one attached hydrogen (secondary N) is 1. The minimum absolute atomic E-state index is 0.0905. The molecule has 1 aromatic carbocycles. The van der Waals surface area contributed by atoms with Crippen molar-refractivity contribution in [1.29, 1.82) is 0 Å². The molecule has 1 heterocycles. The third-order valence-corrected chi connectivity index (χ3v) is 6.18. The molecule has 142 valence electrons. The summed E-state index contributed by atoms with van der Waals surface area (Å²) in [6.07, 6.45) is 0.658. The fourth-order valence-electron chi connectivity index (χ4n) is 2.56. The summed E-state index contributed by atoms with van der Waals surface area (Å²) < 4.78 is 37.0. The molecule has 0 bridgehead atoms. The molecular formula is C17H22N2O6S. The second-order valence-electron chi connectivity index (χ2n) is 6.39. The molecule has 0 radical (unpaired) electrons. The number of esters is 1. The van der Waals surface area contributed by atoms with Gasteiger partial charge in [0.2, 0.25) is 10.0 Å². The van der Waals surface area contributed by atoms with E-state index in [0.29, 0.717) is 32.0 Å². The standard InChI is InChI=1S/C17H22N2O6S/c1-12(25-17(21)13-5-6-13)16(20)18-14-3-2-4-15(11-14)26(22,23)19-7-9-24-10-8-19/h2-4,11-13H,5-10H2,1H3,(H,18,20)/t12-/m1/s1. The van der Waals surface area contributed by atoms with E-state index < -0.39 is 22.0 Å². The molecule has 1 N–H and O–H groups in total. The maximum absolute atomic E-state index is 12.7. The molecule has 1 amide bonds. The van der Waals surface area contributed by atoms with Crippen LogP contribution in [-0.2, 0) is 29.1 Å². The van der Waals surface area contributed by atoms with E-state index in [1.165, 1.54) is 23.4 Å². The van der Waals surface area contributed by atoms with Crippen LogP contribution in [-0.4, -0.2) is 57.0 Å². The van der Waals surface area contributed by atoms with Crippen molar-refractivity contribution in [2.75, 3.05) is 31.6 Å². The zero-order valence-electron chi connectivity index (χ0n) is 14.5. The van der Waals surface area contributed by atoms with E-state index in [9.17, 15) is 18.0 Å². The first-order valence-electron chi connectivity index (χ1n) is 8.57. The van der Waals surface area contributed by atoms with Gasteiger partial charge in [-0.25, -0.2) is 8.42 Å². The van der Waals surface area contributed by atoms with Crippen LogP contribution in [0, 0.1) is 5.92 Å². The van der Waals surface area contributed by atoms with Crippen LogP contribution < -0.4 is 5.32 Å². The molecule has 8 nitrogen and oxygen atoms in total. The fraction of sp³-hybridized carbons (Fsp3) is 0.529. The molecule has 1 saturated carbocycles. The Kier molecular flexibility index (Phi) is 5.59. The Hall–Kier alpha value is -1.97. The van der Waals surface area contributed by atoms with Crippen molar-refractivity contribution in [3.63, 3.8) is 0 Å². The Labute approximate surface area is 152 Å². The van der Waals surface area contributed by atoms with Gasteiger partial charge in [-0.05, 0) is 38.0 Å². The lowest BCUT2D eigenvalue weighted by Gasteiger charge is -2.26. The topological polar surface area (TPSA) is 102 Å². The molecule has 0 unspecified atom stereocenters. The second kappa shape index (κ2) is 7.73. The number of morpholine rings is 1. The molecule has 0 aromatic heterocycles. The molecule has 2 fully saturated rings. The number of ether oxygens (including phenoxy) is 2. The first-order chi connectivity index (χ1) is 12.4. The Morgan fingerprint density at radius 3 is 2.62 bits per heavy atom. The lowest BCUT2D eigenvalue weighted by atomic mass is 10.3. The molecule has 1 aliphatic carbocycles. The molecule has 0 spiro atoms. The summed E-state index contributed by atoms with van der Waals surface area (Å²) in [7, 11) is -3.65. The van der Waals surface area contributed by atoms with Gasteiger partial charge in [-0.15, -0.1) is 0 Å². The summed E-state index contributed by atoms with van der Waals surface area (Å²) in [4.78, 5) is 23.9. The number of carbonyl (C=O) groups is 2. The van der Waals surface area contributed by atoms with E-state index in [4.69, 9.17) is 9.47 Å². The van der Waals surface area contributed by atoms with Crippen LogP contribution in [0.25, 0.3) is 0 Å². The van der Waals surface area contributed by atoms with Gasteiger partial charge in [0.15, 0.2) is 6.10 Å². The predicted molar refractivity (Wildman–Crippen MR) is 92.9 cm³/mol. The van der Waals surface area contributed by atoms with E-state index in [2.05, 4.69) is 5.32 Å². The normalized spacial score (nSPS) is 19.6. The Morgan fingerprint density at radius 1 is 1.27 bits per heavy atom. The highest BCUT2D eigenvalue weighted by Crippen LogP contribution is 2.30. The van der Waals surface area contributed by atoms with Crippen molar-refractivity contribution in [3.8, 4) is 0 Å². The van der Waals surface area contributed by atoms with Gasteiger partial charge in [0, 0.05) is 18.8 Å². The molecule has 26 heavy (non-hydrogen) atoms. The van der Waals surface area contributed by atoms with Gasteiger partial charge in [0.25, 0.3) is 5.91 Å². The lowest BCUT2D eigenvalue weighted by molar-refractivity contribution is -0.154. The van der Waals surface area contributed by atoms with E-state index in [1.54, 1.807) is 12.1 Å². The van der Waals surface area contributed by atoms with E-state index in [-0.39, 0.29) is 16.8 Å². The van der Waals surface area contributed by atoms with Gasteiger partial charge >= 0.3 is 5.97 Å². The van der Waals surface area contributed by atoms with Crippen LogP contribution in [0.15, 0.2) is 29.2 Å². The molecule has 1 aromatic rings. The number of sulfonamides is 1. The predicted octanol–water partition coefficient (Wildman–Crippen LogP) is 0.988. The van der Waals surface area contributed by atoms with E-state index >= 15 is 0 Å². The number of hydrogen-bond donors (Lipinski definition) is 1. The Bertz CT molecular complexity index is 784. The quantitative estimate of drug-likeness (QED) is 0.736. The van der Waals surface area contributed by atoms with Gasteiger partial charge in [-0.2, -0.15) is 4.31 Å². The SMILES string of the molecule is C[C@@H](OC(=O)C1CC1)C(=O)Nc1cccc(S(=O)(=O)N2CCOCC2)c1. The zero-order chi connectivity index (χ0) is 18.7. The molecular weight excluding hydrogens is 360 g/mol. The Balaban J connectivity index is 1.66. The van der Waals surface area contributed by atoms with Gasteiger partial charge in [0.1, 0.15) is 0 Å². The number of rotatable bonds is 6. The van der Waals surface area contributed by atoms with Crippen molar-refractivity contribution in [3.05, 3.63) is 24.3 Å². The summed E-state index contributed by atoms with van der Waals surface area (Å²) >= 11 is 0. The molecule has 2 aliphatic rings. The number of anilines is 1. The largest absolute Gasteiger partial charge is 0.452 e. The van der Waals surface area contributed by atoms with Crippen LogP contribution >= 0.6 is 0 Å². The minimum Gasteiger partial charge on any atom is -0.452 e. The van der Waals surface area contributed by atoms with Crippen LogP contribution in [0.1, 0.15) is 19.8 Å². The second-order valence-corrected chi connectivity index (χ2v) is 8.32. The van der Waals surface area contributed by atoms with Gasteiger partial charge in [-0.3, -0.25) is 9.59 Å². The summed E-state index contributed by atoms with van der Waals surface area (Å²) in [5.41, 5.74) is 0.332. The number of hydrogen-bond acceptors (Lipinski definition) is 6. The molecule has 9 heteroatoms. The summed E-state index contributed by atoms with van der Waals surface area (Å²) in [6, 6.07) is 6.03. The number of carbonyl (C=O) groups excluding carboxylic acids is 2. The van der Waals surface area contributed by atoms with Crippen LogP contribution in [0.3, 0.4) is 0 Å². The third-order valence-electron chi connectivity index (χ3n) is 4.28. The van der Waals surface area contributed by atoms with E-state index in [0.717, 1.165) is 12.8 Å². The summed E-state index contributed by atoms with van der Waals surface area (Å²) in [5.74, 6) is -0.955. The Morgan fingerprint density at radius 2 is 1.96 bits per heavy atom. The third kappa shape index (κ3) is 4.40. The maximum atomic E-state index is 12.7. The minimum atomic E-state index is -3.65. The highest BCUT2D eigenvalue weighted by Gasteiger charge is 2.33. The van der Waals surface area contributed by atoms with Crippen LogP contribution in [0.4, 0.5) is 5.69 Å². The van der Waals surface area contributed by atoms with Crippen molar-refractivity contribution in [1.82, 2.24) is 4.31 Å². The number of benzene rings is 1. The average molecular weight is 382 g/mol. The van der Waals surface area contributed by atoms with Gasteiger partial charge in [0.05, 0.1) is 24.0 Å². The lowest BCUT2D eigenvalue weighted by Crippen LogP contribution is -2.40. The summed E-state index contributed by atoms with van der Waals surface area (Å²) in [5, 5.41) is 2.60. The van der Waals surface area contributed by atoms with E-state index in [1.807, 2.05) is 0 Å². The molecule has 1 aliphatic heterocycles. The molecule has 1 atom stereocenters. The highest BCUT2D eigenvalue weighted by molar-refractivity contribution is 7.89. The molecule has 3 rings (SSSR count). The first kappa shape index (κ1) is 18.8.